The zero-order chi connectivity index (χ0) is 15.3. The van der Waals surface area contributed by atoms with Gasteiger partial charge in [-0.2, -0.15) is 0 Å². The number of carbonyl (C=O) groups excluding carboxylic acids is 2. The molecule has 0 saturated carbocycles. The number of halogens is 1. The van der Waals surface area contributed by atoms with Crippen molar-refractivity contribution in [1.29, 1.82) is 0 Å². The fraction of sp³-hybridized carbons (Fsp3) is 0.417. The van der Waals surface area contributed by atoms with Crippen molar-refractivity contribution in [3.05, 3.63) is 23.0 Å². The Morgan fingerprint density at radius 1 is 1.50 bits per heavy atom. The second-order valence-electron chi connectivity index (χ2n) is 4.13. The average Bonchev–Trinajstić information content (AvgIpc) is 2.72. The molecule has 0 bridgehead atoms. The SMILES string of the molecule is COC(=O)CC[C@@H](NC(=O)c1cc(Cl)cn1C)C(=O)O. The van der Waals surface area contributed by atoms with E-state index in [2.05, 4.69) is 10.1 Å². The summed E-state index contributed by atoms with van der Waals surface area (Å²) in [5, 5.41) is 11.7. The smallest absolute Gasteiger partial charge is 0.326 e. The van der Waals surface area contributed by atoms with Crippen LogP contribution >= 0.6 is 11.6 Å². The topological polar surface area (TPSA) is 97.6 Å². The van der Waals surface area contributed by atoms with Crippen LogP contribution in [0.4, 0.5) is 0 Å². The number of aliphatic carboxylic acids is 1. The number of esters is 1. The van der Waals surface area contributed by atoms with E-state index >= 15 is 0 Å². The number of methoxy groups -OCH3 is 1. The molecule has 1 heterocycles. The first kappa shape index (κ1) is 16.0. The molecule has 1 atom stereocenters. The van der Waals surface area contributed by atoms with Crippen LogP contribution in [0.2, 0.25) is 5.02 Å². The van der Waals surface area contributed by atoms with Gasteiger partial charge in [0.1, 0.15) is 11.7 Å². The van der Waals surface area contributed by atoms with Crippen molar-refractivity contribution in [3.8, 4) is 0 Å². The Morgan fingerprint density at radius 2 is 2.15 bits per heavy atom. The van der Waals surface area contributed by atoms with E-state index in [0.717, 1.165) is 0 Å². The molecule has 0 saturated heterocycles. The van der Waals surface area contributed by atoms with Gasteiger partial charge in [0.05, 0.1) is 12.1 Å². The number of aromatic nitrogens is 1. The fourth-order valence-corrected chi connectivity index (χ4v) is 1.85. The molecule has 0 aliphatic carbocycles. The molecule has 0 aliphatic heterocycles. The normalized spacial score (nSPS) is 11.8. The van der Waals surface area contributed by atoms with Gasteiger partial charge >= 0.3 is 11.9 Å². The van der Waals surface area contributed by atoms with E-state index in [1.165, 1.54) is 23.9 Å². The van der Waals surface area contributed by atoms with Gasteiger partial charge < -0.3 is 19.7 Å². The third kappa shape index (κ3) is 4.27. The van der Waals surface area contributed by atoms with E-state index in [4.69, 9.17) is 16.7 Å². The summed E-state index contributed by atoms with van der Waals surface area (Å²) in [7, 11) is 2.83. The average molecular weight is 303 g/mol. The van der Waals surface area contributed by atoms with Crippen LogP contribution in [0.3, 0.4) is 0 Å². The van der Waals surface area contributed by atoms with E-state index in [1.54, 1.807) is 7.05 Å². The van der Waals surface area contributed by atoms with Gasteiger partial charge in [-0.25, -0.2) is 4.79 Å². The van der Waals surface area contributed by atoms with Crippen LogP contribution in [0.1, 0.15) is 23.3 Å². The summed E-state index contributed by atoms with van der Waals surface area (Å²) < 4.78 is 5.91. The molecule has 110 valence electrons. The fourth-order valence-electron chi connectivity index (χ4n) is 1.60. The van der Waals surface area contributed by atoms with E-state index in [-0.39, 0.29) is 18.5 Å². The van der Waals surface area contributed by atoms with Crippen LogP contribution in [0.25, 0.3) is 0 Å². The Labute approximate surface area is 120 Å². The molecular formula is C12H15ClN2O5. The number of nitrogens with zero attached hydrogens (tertiary/aromatic N) is 1. The summed E-state index contributed by atoms with van der Waals surface area (Å²) in [4.78, 5) is 34.0. The zero-order valence-electron chi connectivity index (χ0n) is 11.1. The molecule has 1 aromatic rings. The van der Waals surface area contributed by atoms with Crippen molar-refractivity contribution in [3.63, 3.8) is 0 Å². The van der Waals surface area contributed by atoms with Crippen molar-refractivity contribution in [1.82, 2.24) is 9.88 Å². The Hall–Kier alpha value is -2.02. The number of ether oxygens (including phenoxy) is 1. The van der Waals surface area contributed by atoms with Gasteiger partial charge in [0, 0.05) is 19.7 Å². The molecule has 1 aromatic heterocycles. The quantitative estimate of drug-likeness (QED) is 0.758. The number of carboxylic acids is 1. The van der Waals surface area contributed by atoms with Crippen LogP contribution in [0, 0.1) is 0 Å². The molecule has 0 fully saturated rings. The van der Waals surface area contributed by atoms with Crippen molar-refractivity contribution in [2.45, 2.75) is 18.9 Å². The molecule has 0 aliphatic rings. The first-order chi connectivity index (χ1) is 9.35. The monoisotopic (exact) mass is 302 g/mol. The van der Waals surface area contributed by atoms with Crippen molar-refractivity contribution in [2.75, 3.05) is 7.11 Å². The lowest BCUT2D eigenvalue weighted by Gasteiger charge is -2.14. The molecule has 0 aromatic carbocycles. The van der Waals surface area contributed by atoms with Crippen LogP contribution in [-0.2, 0) is 21.4 Å². The van der Waals surface area contributed by atoms with Crippen molar-refractivity contribution in [2.24, 2.45) is 7.05 Å². The maximum Gasteiger partial charge on any atom is 0.326 e. The molecule has 1 rings (SSSR count). The number of carbonyl (C=O) groups is 3. The summed E-state index contributed by atoms with van der Waals surface area (Å²) in [5.74, 6) is -2.33. The first-order valence-electron chi connectivity index (χ1n) is 5.77. The molecule has 0 spiro atoms. The summed E-state index contributed by atoms with van der Waals surface area (Å²) in [6.07, 6.45) is 1.38. The van der Waals surface area contributed by atoms with Crippen molar-refractivity contribution < 1.29 is 24.2 Å². The minimum Gasteiger partial charge on any atom is -0.480 e. The summed E-state index contributed by atoms with van der Waals surface area (Å²) in [6.45, 7) is 0. The third-order valence-corrected chi connectivity index (χ3v) is 2.88. The maximum absolute atomic E-state index is 11.9. The lowest BCUT2D eigenvalue weighted by atomic mass is 10.1. The molecule has 1 amide bonds. The predicted molar refractivity (Wildman–Crippen MR) is 70.6 cm³/mol. The number of rotatable bonds is 6. The minimum atomic E-state index is -1.22. The van der Waals surface area contributed by atoms with Gasteiger partial charge in [-0.15, -0.1) is 0 Å². The molecule has 2 N–H and O–H groups in total. The standard InChI is InChI=1S/C12H15ClN2O5/c1-15-6-7(13)5-9(15)11(17)14-8(12(18)19)3-4-10(16)20-2/h5-6,8H,3-4H2,1-2H3,(H,14,17)(H,18,19)/t8-/m1/s1. The molecule has 20 heavy (non-hydrogen) atoms. The highest BCUT2D eigenvalue weighted by atomic mass is 35.5. The molecule has 8 heteroatoms. The number of nitrogens with one attached hydrogen (secondary N) is 1. The molecule has 0 unspecified atom stereocenters. The van der Waals surface area contributed by atoms with Gasteiger partial charge in [0.15, 0.2) is 0 Å². The Bertz CT molecular complexity index is 526. The van der Waals surface area contributed by atoms with Gasteiger partial charge in [-0.3, -0.25) is 9.59 Å². The summed E-state index contributed by atoms with van der Waals surface area (Å²) in [5.41, 5.74) is 0.235. The van der Waals surface area contributed by atoms with Crippen LogP contribution in [-0.4, -0.2) is 40.7 Å². The molecule has 7 nitrogen and oxygen atoms in total. The minimum absolute atomic E-state index is 0.0497. The number of carboxylic acid groups (broad SMARTS) is 1. The van der Waals surface area contributed by atoms with Crippen LogP contribution < -0.4 is 5.32 Å². The third-order valence-electron chi connectivity index (χ3n) is 2.67. The van der Waals surface area contributed by atoms with Gasteiger partial charge in [0.25, 0.3) is 5.91 Å². The number of amides is 1. The Balaban J connectivity index is 2.70. The first-order valence-corrected chi connectivity index (χ1v) is 6.15. The molecular weight excluding hydrogens is 288 g/mol. The highest BCUT2D eigenvalue weighted by molar-refractivity contribution is 6.31. The Kier molecular flexibility index (Phi) is 5.57. The van der Waals surface area contributed by atoms with Gasteiger partial charge in [0.2, 0.25) is 0 Å². The second kappa shape index (κ2) is 6.95. The lowest BCUT2D eigenvalue weighted by Crippen LogP contribution is -2.41. The van der Waals surface area contributed by atoms with Gasteiger partial charge in [-0.05, 0) is 12.5 Å². The van der Waals surface area contributed by atoms with E-state index < -0.39 is 23.9 Å². The molecule has 0 radical (unpaired) electrons. The van der Waals surface area contributed by atoms with E-state index in [1.807, 2.05) is 0 Å². The second-order valence-corrected chi connectivity index (χ2v) is 4.57. The largest absolute Gasteiger partial charge is 0.480 e. The van der Waals surface area contributed by atoms with E-state index in [0.29, 0.717) is 5.02 Å². The highest BCUT2D eigenvalue weighted by Crippen LogP contribution is 2.13. The number of hydrogen-bond donors (Lipinski definition) is 2. The van der Waals surface area contributed by atoms with Crippen molar-refractivity contribution >= 4 is 29.4 Å². The number of hydrogen-bond acceptors (Lipinski definition) is 4. The summed E-state index contributed by atoms with van der Waals surface area (Å²) >= 11 is 5.75. The number of aryl methyl sites for hydroxylation is 1. The highest BCUT2D eigenvalue weighted by Gasteiger charge is 2.23. The summed E-state index contributed by atoms with van der Waals surface area (Å²) in [6, 6.07) is 0.256. The maximum atomic E-state index is 11.9. The predicted octanol–water partition coefficient (Wildman–Crippen LogP) is 0.815. The lowest BCUT2D eigenvalue weighted by molar-refractivity contribution is -0.142. The Morgan fingerprint density at radius 3 is 2.60 bits per heavy atom. The zero-order valence-corrected chi connectivity index (χ0v) is 11.8. The van der Waals surface area contributed by atoms with Crippen LogP contribution in [0.15, 0.2) is 12.3 Å². The van der Waals surface area contributed by atoms with E-state index in [9.17, 15) is 14.4 Å². The van der Waals surface area contributed by atoms with Crippen LogP contribution in [0.5, 0.6) is 0 Å². The van der Waals surface area contributed by atoms with Gasteiger partial charge in [-0.1, -0.05) is 11.6 Å².